The van der Waals surface area contributed by atoms with Gasteiger partial charge >= 0.3 is 0 Å². The summed E-state index contributed by atoms with van der Waals surface area (Å²) in [6.07, 6.45) is 7.00. The molecule has 0 aromatic rings. The van der Waals surface area contributed by atoms with Gasteiger partial charge in [0.2, 0.25) is 0 Å². The van der Waals surface area contributed by atoms with Crippen LogP contribution in [0.2, 0.25) is 0 Å². The van der Waals surface area contributed by atoms with E-state index in [9.17, 15) is 0 Å². The number of hydrogen-bond donors (Lipinski definition) is 0. The summed E-state index contributed by atoms with van der Waals surface area (Å²) < 4.78 is 0. The van der Waals surface area contributed by atoms with Crippen molar-refractivity contribution in [1.29, 1.82) is 0 Å². The van der Waals surface area contributed by atoms with E-state index in [1.54, 1.807) is 0 Å². The topological polar surface area (TPSA) is 3.24 Å². The highest BCUT2D eigenvalue weighted by molar-refractivity contribution is 4.77. The van der Waals surface area contributed by atoms with Crippen LogP contribution in [0, 0.1) is 11.8 Å². The maximum atomic E-state index is 2.68. The van der Waals surface area contributed by atoms with Crippen LogP contribution in [0.15, 0.2) is 0 Å². The van der Waals surface area contributed by atoms with Crippen molar-refractivity contribution in [2.24, 2.45) is 11.8 Å². The third kappa shape index (κ3) is 4.14. The lowest BCUT2D eigenvalue weighted by molar-refractivity contribution is 0.186. The van der Waals surface area contributed by atoms with Gasteiger partial charge in [0.15, 0.2) is 0 Å². The first-order chi connectivity index (χ1) is 7.15. The van der Waals surface area contributed by atoms with Gasteiger partial charge in [-0.2, -0.15) is 0 Å². The first kappa shape index (κ1) is 13.0. The smallest absolute Gasteiger partial charge is 0.00925 e. The predicted octanol–water partition coefficient (Wildman–Crippen LogP) is 3.93. The predicted molar refractivity (Wildman–Crippen MR) is 68.1 cm³/mol. The van der Waals surface area contributed by atoms with Gasteiger partial charge in [-0.1, -0.05) is 33.6 Å². The number of nitrogens with zero attached hydrogens (tertiary/aromatic N) is 1. The highest BCUT2D eigenvalue weighted by Gasteiger charge is 2.22. The van der Waals surface area contributed by atoms with Crippen molar-refractivity contribution >= 4 is 0 Å². The standard InChI is InChI=1S/C14H29N/c1-5-12(2)8-9-13(3)14(4)15-10-6-7-11-15/h12-14H,5-11H2,1-4H3. The molecule has 3 unspecified atom stereocenters. The van der Waals surface area contributed by atoms with Gasteiger partial charge in [0.1, 0.15) is 0 Å². The molecule has 15 heavy (non-hydrogen) atoms. The van der Waals surface area contributed by atoms with Crippen molar-refractivity contribution in [2.75, 3.05) is 13.1 Å². The van der Waals surface area contributed by atoms with E-state index in [0.717, 1.165) is 17.9 Å². The molecule has 3 atom stereocenters. The minimum absolute atomic E-state index is 0.802. The molecule has 0 aromatic heterocycles. The molecule has 0 bridgehead atoms. The van der Waals surface area contributed by atoms with Gasteiger partial charge in [-0.15, -0.1) is 0 Å². The maximum Gasteiger partial charge on any atom is 0.00925 e. The van der Waals surface area contributed by atoms with Crippen LogP contribution in [0.4, 0.5) is 0 Å². The third-order valence-electron chi connectivity index (χ3n) is 4.35. The molecule has 0 aromatic carbocycles. The monoisotopic (exact) mass is 211 g/mol. The van der Waals surface area contributed by atoms with Crippen molar-refractivity contribution < 1.29 is 0 Å². The molecule has 1 rings (SSSR count). The fraction of sp³-hybridized carbons (Fsp3) is 1.00. The Morgan fingerprint density at radius 3 is 2.13 bits per heavy atom. The lowest BCUT2D eigenvalue weighted by Crippen LogP contribution is -2.35. The SMILES string of the molecule is CCC(C)CCC(C)C(C)N1CCCC1. The number of rotatable bonds is 6. The molecule has 1 aliphatic rings. The summed E-state index contributed by atoms with van der Waals surface area (Å²) >= 11 is 0. The maximum absolute atomic E-state index is 2.68. The van der Waals surface area contributed by atoms with E-state index in [1.165, 1.54) is 45.2 Å². The van der Waals surface area contributed by atoms with Crippen molar-refractivity contribution in [3.8, 4) is 0 Å². The fourth-order valence-electron chi connectivity index (χ4n) is 2.50. The van der Waals surface area contributed by atoms with E-state index in [0.29, 0.717) is 0 Å². The lowest BCUT2D eigenvalue weighted by atomic mass is 9.91. The van der Waals surface area contributed by atoms with Gasteiger partial charge in [-0.05, 0) is 51.1 Å². The van der Waals surface area contributed by atoms with Gasteiger partial charge in [-0.25, -0.2) is 0 Å². The Balaban J connectivity index is 2.22. The molecule has 0 amide bonds. The van der Waals surface area contributed by atoms with Crippen LogP contribution < -0.4 is 0 Å². The highest BCUT2D eigenvalue weighted by atomic mass is 15.2. The molecule has 1 heteroatoms. The van der Waals surface area contributed by atoms with Crippen molar-refractivity contribution in [2.45, 2.75) is 65.8 Å². The van der Waals surface area contributed by atoms with Gasteiger partial charge in [0.05, 0.1) is 0 Å². The van der Waals surface area contributed by atoms with Crippen LogP contribution in [0.5, 0.6) is 0 Å². The molecule has 0 aliphatic carbocycles. The van der Waals surface area contributed by atoms with Crippen molar-refractivity contribution in [3.63, 3.8) is 0 Å². The molecule has 0 spiro atoms. The summed E-state index contributed by atoms with van der Waals surface area (Å²) in [4.78, 5) is 2.68. The molecular formula is C14H29N. The number of hydrogen-bond acceptors (Lipinski definition) is 1. The quantitative estimate of drug-likeness (QED) is 0.643. The van der Waals surface area contributed by atoms with Crippen LogP contribution in [0.25, 0.3) is 0 Å². The first-order valence-electron chi connectivity index (χ1n) is 6.89. The van der Waals surface area contributed by atoms with E-state index in [-0.39, 0.29) is 0 Å². The molecule has 0 radical (unpaired) electrons. The Bertz CT molecular complexity index is 161. The van der Waals surface area contributed by atoms with E-state index in [4.69, 9.17) is 0 Å². The highest BCUT2D eigenvalue weighted by Crippen LogP contribution is 2.23. The molecule has 1 fully saturated rings. The normalized spacial score (nSPS) is 24.0. The second-order valence-electron chi connectivity index (χ2n) is 5.55. The molecule has 90 valence electrons. The fourth-order valence-corrected chi connectivity index (χ4v) is 2.50. The van der Waals surface area contributed by atoms with Crippen LogP contribution in [-0.4, -0.2) is 24.0 Å². The Morgan fingerprint density at radius 1 is 1.00 bits per heavy atom. The Morgan fingerprint density at radius 2 is 1.60 bits per heavy atom. The van der Waals surface area contributed by atoms with Gasteiger partial charge in [0, 0.05) is 6.04 Å². The van der Waals surface area contributed by atoms with Crippen LogP contribution >= 0.6 is 0 Å². The van der Waals surface area contributed by atoms with E-state index < -0.39 is 0 Å². The molecule has 0 saturated carbocycles. The average molecular weight is 211 g/mol. The van der Waals surface area contributed by atoms with Crippen LogP contribution in [0.3, 0.4) is 0 Å². The molecule has 1 heterocycles. The van der Waals surface area contributed by atoms with Crippen molar-refractivity contribution in [1.82, 2.24) is 4.90 Å². The first-order valence-corrected chi connectivity index (χ1v) is 6.89. The molecule has 1 aliphatic heterocycles. The summed E-state index contributed by atoms with van der Waals surface area (Å²) in [5.41, 5.74) is 0. The minimum atomic E-state index is 0.802. The molecule has 0 N–H and O–H groups in total. The van der Waals surface area contributed by atoms with Crippen molar-refractivity contribution in [3.05, 3.63) is 0 Å². The lowest BCUT2D eigenvalue weighted by Gasteiger charge is -2.29. The molecular weight excluding hydrogens is 182 g/mol. The van der Waals surface area contributed by atoms with Crippen LogP contribution in [-0.2, 0) is 0 Å². The van der Waals surface area contributed by atoms with Gasteiger partial charge in [0.25, 0.3) is 0 Å². The van der Waals surface area contributed by atoms with E-state index in [2.05, 4.69) is 32.6 Å². The summed E-state index contributed by atoms with van der Waals surface area (Å²) in [6.45, 7) is 12.2. The zero-order chi connectivity index (χ0) is 11.3. The van der Waals surface area contributed by atoms with E-state index in [1.807, 2.05) is 0 Å². The van der Waals surface area contributed by atoms with Crippen LogP contribution in [0.1, 0.15) is 59.8 Å². The zero-order valence-corrected chi connectivity index (χ0v) is 11.1. The Hall–Kier alpha value is -0.0400. The number of likely N-dealkylation sites (tertiary alicyclic amines) is 1. The average Bonchev–Trinajstić information content (AvgIpc) is 2.77. The minimum Gasteiger partial charge on any atom is -0.300 e. The van der Waals surface area contributed by atoms with Gasteiger partial charge < -0.3 is 4.90 Å². The Labute approximate surface area is 96.2 Å². The second kappa shape index (κ2) is 6.52. The largest absolute Gasteiger partial charge is 0.300 e. The summed E-state index contributed by atoms with van der Waals surface area (Å²) in [5.74, 6) is 1.79. The third-order valence-corrected chi connectivity index (χ3v) is 4.35. The zero-order valence-electron chi connectivity index (χ0n) is 11.1. The van der Waals surface area contributed by atoms with Gasteiger partial charge in [-0.3, -0.25) is 0 Å². The Kier molecular flexibility index (Phi) is 5.66. The summed E-state index contributed by atoms with van der Waals surface area (Å²) in [7, 11) is 0. The summed E-state index contributed by atoms with van der Waals surface area (Å²) in [5, 5.41) is 0. The molecule has 1 saturated heterocycles. The van der Waals surface area contributed by atoms with E-state index >= 15 is 0 Å². The molecule has 1 nitrogen and oxygen atoms in total. The summed E-state index contributed by atoms with van der Waals surface area (Å²) in [6, 6.07) is 0.802. The second-order valence-corrected chi connectivity index (χ2v) is 5.55.